The number of aryl methyl sites for hydroxylation is 1. The van der Waals surface area contributed by atoms with Crippen molar-refractivity contribution in [3.05, 3.63) is 82.0 Å². The highest BCUT2D eigenvalue weighted by Gasteiger charge is 2.22. The van der Waals surface area contributed by atoms with Crippen molar-refractivity contribution >= 4 is 16.8 Å². The summed E-state index contributed by atoms with van der Waals surface area (Å²) in [5.74, 6) is 1.82. The van der Waals surface area contributed by atoms with Gasteiger partial charge in [-0.3, -0.25) is 9.59 Å². The number of methoxy groups -OCH3 is 1. The Morgan fingerprint density at radius 1 is 1.06 bits per heavy atom. The van der Waals surface area contributed by atoms with Gasteiger partial charge in [0.05, 0.1) is 24.7 Å². The second kappa shape index (κ2) is 9.17. The maximum absolute atomic E-state index is 13.2. The molecule has 174 valence electrons. The summed E-state index contributed by atoms with van der Waals surface area (Å²) >= 11 is 0. The average Bonchev–Trinajstić information content (AvgIpc) is 3.25. The molecular weight excluding hydrogens is 430 g/mol. The van der Waals surface area contributed by atoms with Gasteiger partial charge in [-0.15, -0.1) is 0 Å². The molecule has 0 bridgehead atoms. The molecular formula is C27H27N3O4. The number of nitrogens with zero attached hydrogens (tertiary/aromatic N) is 3. The van der Waals surface area contributed by atoms with Crippen molar-refractivity contribution in [3.8, 4) is 17.2 Å². The number of amides is 1. The maximum Gasteiger partial charge on any atom is 0.254 e. The fourth-order valence-corrected chi connectivity index (χ4v) is 4.52. The SMILES string of the molecule is COc1ccc(-c2nc(Cn3c(=O)cc(C(=O)N4CCCCC4)c4ccccc43)c(C)o2)cc1. The molecule has 0 aliphatic carbocycles. The smallest absolute Gasteiger partial charge is 0.254 e. The van der Waals surface area contributed by atoms with Crippen LogP contribution in [0.3, 0.4) is 0 Å². The van der Waals surface area contributed by atoms with E-state index in [4.69, 9.17) is 9.15 Å². The molecule has 0 unspecified atom stereocenters. The summed E-state index contributed by atoms with van der Waals surface area (Å²) < 4.78 is 12.8. The number of pyridine rings is 1. The second-order valence-electron chi connectivity index (χ2n) is 8.60. The molecule has 1 amide bonds. The van der Waals surface area contributed by atoms with Gasteiger partial charge in [0, 0.05) is 30.1 Å². The van der Waals surface area contributed by atoms with Gasteiger partial charge in [-0.1, -0.05) is 18.2 Å². The van der Waals surface area contributed by atoms with Crippen LogP contribution in [-0.2, 0) is 6.54 Å². The van der Waals surface area contributed by atoms with Gasteiger partial charge in [0.1, 0.15) is 17.2 Å². The van der Waals surface area contributed by atoms with Gasteiger partial charge in [-0.05, 0) is 56.5 Å². The van der Waals surface area contributed by atoms with Crippen LogP contribution in [0.5, 0.6) is 5.75 Å². The number of piperidine rings is 1. The molecule has 0 radical (unpaired) electrons. The van der Waals surface area contributed by atoms with Crippen molar-refractivity contribution in [1.82, 2.24) is 14.5 Å². The van der Waals surface area contributed by atoms with Crippen molar-refractivity contribution in [2.75, 3.05) is 20.2 Å². The van der Waals surface area contributed by atoms with Gasteiger partial charge in [0.2, 0.25) is 5.89 Å². The number of oxazole rings is 1. The lowest BCUT2D eigenvalue weighted by atomic mass is 10.0. The van der Waals surface area contributed by atoms with Crippen LogP contribution in [0.25, 0.3) is 22.4 Å². The Kier molecular flexibility index (Phi) is 5.92. The van der Waals surface area contributed by atoms with Gasteiger partial charge in [-0.2, -0.15) is 0 Å². The zero-order chi connectivity index (χ0) is 23.7. The first-order valence-electron chi connectivity index (χ1n) is 11.6. The van der Waals surface area contributed by atoms with Crippen LogP contribution >= 0.6 is 0 Å². The largest absolute Gasteiger partial charge is 0.497 e. The van der Waals surface area contributed by atoms with E-state index in [0.717, 1.165) is 49.1 Å². The van der Waals surface area contributed by atoms with Gasteiger partial charge in [-0.25, -0.2) is 4.98 Å². The first-order valence-corrected chi connectivity index (χ1v) is 11.6. The predicted molar refractivity (Wildman–Crippen MR) is 130 cm³/mol. The highest BCUT2D eigenvalue weighted by atomic mass is 16.5. The number of hydrogen-bond donors (Lipinski definition) is 0. The van der Waals surface area contributed by atoms with Crippen LogP contribution in [0.2, 0.25) is 0 Å². The zero-order valence-corrected chi connectivity index (χ0v) is 19.4. The zero-order valence-electron chi connectivity index (χ0n) is 19.4. The summed E-state index contributed by atoms with van der Waals surface area (Å²) in [4.78, 5) is 33.0. The highest BCUT2D eigenvalue weighted by Crippen LogP contribution is 2.26. The lowest BCUT2D eigenvalue weighted by Gasteiger charge is -2.27. The lowest BCUT2D eigenvalue weighted by Crippen LogP contribution is -2.36. The van der Waals surface area contributed by atoms with Crippen molar-refractivity contribution < 1.29 is 13.9 Å². The number of benzene rings is 2. The Hall–Kier alpha value is -3.87. The van der Waals surface area contributed by atoms with Crippen molar-refractivity contribution in [1.29, 1.82) is 0 Å². The Bertz CT molecular complexity index is 1400. The van der Waals surface area contributed by atoms with Crippen molar-refractivity contribution in [2.45, 2.75) is 32.7 Å². The van der Waals surface area contributed by atoms with Crippen LogP contribution < -0.4 is 10.3 Å². The quantitative estimate of drug-likeness (QED) is 0.436. The number of hydrogen-bond acceptors (Lipinski definition) is 5. The number of carbonyl (C=O) groups excluding carboxylic acids is 1. The molecule has 1 aliphatic heterocycles. The van der Waals surface area contributed by atoms with E-state index >= 15 is 0 Å². The van der Waals surface area contributed by atoms with E-state index in [2.05, 4.69) is 4.98 Å². The van der Waals surface area contributed by atoms with E-state index in [0.29, 0.717) is 28.4 Å². The fraction of sp³-hybridized carbons (Fsp3) is 0.296. The molecule has 2 aromatic carbocycles. The van der Waals surface area contributed by atoms with Crippen LogP contribution in [-0.4, -0.2) is 40.6 Å². The Morgan fingerprint density at radius 3 is 2.53 bits per heavy atom. The summed E-state index contributed by atoms with van der Waals surface area (Å²) in [6.45, 7) is 3.57. The topological polar surface area (TPSA) is 77.6 Å². The molecule has 0 N–H and O–H groups in total. The molecule has 0 saturated carbocycles. The van der Waals surface area contributed by atoms with E-state index in [1.165, 1.54) is 6.07 Å². The summed E-state index contributed by atoms with van der Waals surface area (Å²) in [5.41, 5.74) is 2.45. The standard InChI is InChI=1S/C27H27N3O4/c1-18-23(28-26(34-18)19-10-12-20(33-2)13-11-19)17-30-24-9-5-4-8-21(24)22(16-25(30)31)27(32)29-14-6-3-7-15-29/h4-5,8-13,16H,3,6-7,14-15,17H2,1-2H3. The Labute approximate surface area is 197 Å². The molecule has 1 aliphatic rings. The maximum atomic E-state index is 13.2. The minimum absolute atomic E-state index is 0.0699. The van der Waals surface area contributed by atoms with Crippen molar-refractivity contribution in [3.63, 3.8) is 0 Å². The number of rotatable bonds is 5. The van der Waals surface area contributed by atoms with Crippen LogP contribution in [0, 0.1) is 6.92 Å². The number of aromatic nitrogens is 2. The lowest BCUT2D eigenvalue weighted by molar-refractivity contribution is 0.0726. The summed E-state index contributed by atoms with van der Waals surface area (Å²) in [7, 11) is 1.62. The number of carbonyl (C=O) groups is 1. The normalized spacial score (nSPS) is 13.9. The Morgan fingerprint density at radius 2 is 1.79 bits per heavy atom. The first-order chi connectivity index (χ1) is 16.5. The van der Waals surface area contributed by atoms with Gasteiger partial charge in [0.25, 0.3) is 11.5 Å². The van der Waals surface area contributed by atoms with Gasteiger partial charge in [0.15, 0.2) is 0 Å². The minimum Gasteiger partial charge on any atom is -0.497 e. The number of para-hydroxylation sites is 1. The first kappa shape index (κ1) is 21.9. The van der Waals surface area contributed by atoms with E-state index in [1.54, 1.807) is 11.7 Å². The molecule has 2 aromatic heterocycles. The second-order valence-corrected chi connectivity index (χ2v) is 8.60. The third-order valence-corrected chi connectivity index (χ3v) is 6.43. The molecule has 34 heavy (non-hydrogen) atoms. The van der Waals surface area contributed by atoms with Crippen LogP contribution in [0.4, 0.5) is 0 Å². The van der Waals surface area contributed by atoms with Crippen molar-refractivity contribution in [2.24, 2.45) is 0 Å². The third kappa shape index (κ3) is 4.09. The van der Waals surface area contributed by atoms with E-state index < -0.39 is 0 Å². The molecule has 4 aromatic rings. The third-order valence-electron chi connectivity index (χ3n) is 6.43. The average molecular weight is 458 g/mol. The molecule has 5 rings (SSSR count). The van der Waals surface area contributed by atoms with E-state index in [9.17, 15) is 9.59 Å². The molecule has 0 spiro atoms. The number of fused-ring (bicyclic) bond motifs is 1. The van der Waals surface area contributed by atoms with Crippen LogP contribution in [0.1, 0.15) is 41.1 Å². The molecule has 1 saturated heterocycles. The molecule has 1 fully saturated rings. The molecule has 3 heterocycles. The summed E-state index contributed by atoms with van der Waals surface area (Å²) in [5, 5.41) is 0.772. The van der Waals surface area contributed by atoms with Crippen LogP contribution in [0.15, 0.2) is 63.8 Å². The number of likely N-dealkylation sites (tertiary alicyclic amines) is 1. The fourth-order valence-electron chi connectivity index (χ4n) is 4.52. The highest BCUT2D eigenvalue weighted by molar-refractivity contribution is 6.06. The van der Waals surface area contributed by atoms with Gasteiger partial charge < -0.3 is 18.6 Å². The van der Waals surface area contributed by atoms with E-state index in [1.807, 2.05) is 60.4 Å². The summed E-state index contributed by atoms with van der Waals surface area (Å²) in [6.07, 6.45) is 3.15. The summed E-state index contributed by atoms with van der Waals surface area (Å²) in [6, 6.07) is 16.5. The number of ether oxygens (including phenoxy) is 1. The van der Waals surface area contributed by atoms with Gasteiger partial charge >= 0.3 is 0 Å². The molecule has 0 atom stereocenters. The monoisotopic (exact) mass is 457 g/mol. The van der Waals surface area contributed by atoms with E-state index in [-0.39, 0.29) is 18.0 Å². The molecule has 7 heteroatoms. The predicted octanol–water partition coefficient (Wildman–Crippen LogP) is 4.65. The Balaban J connectivity index is 1.51. The molecule has 7 nitrogen and oxygen atoms in total. The minimum atomic E-state index is -0.229.